The first-order valence-corrected chi connectivity index (χ1v) is 4.96. The molecular formula is C10H18O5. The standard InChI is InChI=1S/C10H18O5/c1-3-5(2)10-9(14)8(13)7(12)6(4-11)15-10/h3,6-14H,4H2,1-2H3. The molecule has 88 valence electrons. The minimum atomic E-state index is -1.30. The maximum atomic E-state index is 9.67. The Morgan fingerprint density at radius 2 is 1.80 bits per heavy atom. The van der Waals surface area contributed by atoms with Gasteiger partial charge in [-0.15, -0.1) is 0 Å². The maximum Gasteiger partial charge on any atom is 0.112 e. The zero-order valence-corrected chi connectivity index (χ0v) is 8.87. The third-order valence-corrected chi connectivity index (χ3v) is 2.80. The molecule has 0 radical (unpaired) electrons. The van der Waals surface area contributed by atoms with Crippen molar-refractivity contribution < 1.29 is 25.2 Å². The summed E-state index contributed by atoms with van der Waals surface area (Å²) in [5.74, 6) is 0. The highest BCUT2D eigenvalue weighted by atomic mass is 16.5. The van der Waals surface area contributed by atoms with Crippen molar-refractivity contribution in [2.75, 3.05) is 6.61 Å². The van der Waals surface area contributed by atoms with Gasteiger partial charge in [0, 0.05) is 0 Å². The summed E-state index contributed by atoms with van der Waals surface area (Å²) in [6.07, 6.45) is -3.50. The fourth-order valence-corrected chi connectivity index (χ4v) is 1.64. The first-order valence-electron chi connectivity index (χ1n) is 4.96. The molecule has 1 aliphatic rings. The van der Waals surface area contributed by atoms with Crippen LogP contribution in [0.4, 0.5) is 0 Å². The second kappa shape index (κ2) is 5.05. The molecule has 5 atom stereocenters. The number of allylic oxidation sites excluding steroid dienone is 1. The Bertz CT molecular complexity index is 238. The number of rotatable bonds is 2. The number of ether oxygens (including phenoxy) is 1. The Kier molecular flexibility index (Phi) is 4.24. The predicted octanol–water partition coefficient (Wildman–Crippen LogP) is -1.21. The van der Waals surface area contributed by atoms with E-state index in [9.17, 15) is 15.3 Å². The quantitative estimate of drug-likeness (QED) is 0.437. The van der Waals surface area contributed by atoms with E-state index in [-0.39, 0.29) is 0 Å². The van der Waals surface area contributed by atoms with Crippen molar-refractivity contribution in [2.24, 2.45) is 0 Å². The van der Waals surface area contributed by atoms with E-state index >= 15 is 0 Å². The summed E-state index contributed by atoms with van der Waals surface area (Å²) < 4.78 is 5.30. The minimum absolute atomic E-state index is 0.390. The van der Waals surface area contributed by atoms with Crippen LogP contribution in [0.15, 0.2) is 11.6 Å². The Hall–Kier alpha value is -0.460. The molecule has 1 aliphatic heterocycles. The van der Waals surface area contributed by atoms with Gasteiger partial charge in [-0.2, -0.15) is 0 Å². The molecule has 0 amide bonds. The molecule has 0 spiro atoms. The van der Waals surface area contributed by atoms with Crippen molar-refractivity contribution in [3.8, 4) is 0 Å². The maximum absolute atomic E-state index is 9.67. The molecule has 0 saturated carbocycles. The van der Waals surface area contributed by atoms with Crippen molar-refractivity contribution in [2.45, 2.75) is 44.4 Å². The third kappa shape index (κ3) is 2.38. The van der Waals surface area contributed by atoms with Crippen LogP contribution in [0.1, 0.15) is 13.8 Å². The molecule has 0 aliphatic carbocycles. The predicted molar refractivity (Wildman–Crippen MR) is 53.2 cm³/mol. The molecule has 5 nitrogen and oxygen atoms in total. The average molecular weight is 218 g/mol. The van der Waals surface area contributed by atoms with Crippen LogP contribution in [0.2, 0.25) is 0 Å². The molecule has 1 saturated heterocycles. The van der Waals surface area contributed by atoms with Crippen LogP contribution in [0, 0.1) is 0 Å². The summed E-state index contributed by atoms with van der Waals surface area (Å²) in [6.45, 7) is 3.15. The van der Waals surface area contributed by atoms with Crippen LogP contribution in [0.3, 0.4) is 0 Å². The summed E-state index contributed by atoms with van der Waals surface area (Å²) in [4.78, 5) is 0. The Morgan fingerprint density at radius 3 is 2.27 bits per heavy atom. The van der Waals surface area contributed by atoms with E-state index in [1.54, 1.807) is 19.9 Å². The van der Waals surface area contributed by atoms with Crippen LogP contribution < -0.4 is 0 Å². The summed E-state index contributed by atoms with van der Waals surface area (Å²) >= 11 is 0. The molecule has 15 heavy (non-hydrogen) atoms. The van der Waals surface area contributed by atoms with Gasteiger partial charge in [-0.05, 0) is 19.4 Å². The molecular weight excluding hydrogens is 200 g/mol. The van der Waals surface area contributed by atoms with Gasteiger partial charge in [-0.25, -0.2) is 0 Å². The summed E-state index contributed by atoms with van der Waals surface area (Å²) in [7, 11) is 0. The lowest BCUT2D eigenvalue weighted by Gasteiger charge is -2.40. The zero-order chi connectivity index (χ0) is 11.6. The fraction of sp³-hybridized carbons (Fsp3) is 0.800. The van der Waals surface area contributed by atoms with Crippen molar-refractivity contribution >= 4 is 0 Å². The third-order valence-electron chi connectivity index (χ3n) is 2.80. The topological polar surface area (TPSA) is 90.2 Å². The van der Waals surface area contributed by atoms with E-state index in [0.717, 1.165) is 5.57 Å². The van der Waals surface area contributed by atoms with E-state index in [4.69, 9.17) is 9.84 Å². The molecule has 1 rings (SSSR count). The van der Waals surface area contributed by atoms with E-state index in [1.165, 1.54) is 0 Å². The van der Waals surface area contributed by atoms with Gasteiger partial charge in [0.15, 0.2) is 0 Å². The highest BCUT2D eigenvalue weighted by Crippen LogP contribution is 2.25. The first kappa shape index (κ1) is 12.6. The fourth-order valence-electron chi connectivity index (χ4n) is 1.64. The van der Waals surface area contributed by atoms with Gasteiger partial charge in [0.1, 0.15) is 30.5 Å². The van der Waals surface area contributed by atoms with Crippen molar-refractivity contribution in [3.63, 3.8) is 0 Å². The molecule has 1 fully saturated rings. The number of hydrogen-bond acceptors (Lipinski definition) is 5. The molecule has 5 unspecified atom stereocenters. The molecule has 0 aromatic carbocycles. The van der Waals surface area contributed by atoms with Gasteiger partial charge in [0.25, 0.3) is 0 Å². The Balaban J connectivity index is 2.83. The van der Waals surface area contributed by atoms with Crippen molar-refractivity contribution in [3.05, 3.63) is 11.6 Å². The highest BCUT2D eigenvalue weighted by Gasteiger charge is 2.43. The van der Waals surface area contributed by atoms with Gasteiger partial charge in [0.2, 0.25) is 0 Å². The minimum Gasteiger partial charge on any atom is -0.394 e. The molecule has 0 aromatic rings. The lowest BCUT2D eigenvalue weighted by Crippen LogP contribution is -2.58. The highest BCUT2D eigenvalue weighted by molar-refractivity contribution is 5.10. The first-order chi connectivity index (χ1) is 7.02. The van der Waals surface area contributed by atoms with Gasteiger partial charge in [-0.1, -0.05) is 6.08 Å². The smallest absolute Gasteiger partial charge is 0.112 e. The van der Waals surface area contributed by atoms with Crippen molar-refractivity contribution in [1.29, 1.82) is 0 Å². The lowest BCUT2D eigenvalue weighted by molar-refractivity contribution is -0.219. The summed E-state index contributed by atoms with van der Waals surface area (Å²) in [6, 6.07) is 0. The molecule has 0 aromatic heterocycles. The average Bonchev–Trinajstić information content (AvgIpc) is 2.25. The summed E-state index contributed by atoms with van der Waals surface area (Å²) in [5.41, 5.74) is 0.756. The number of hydrogen-bond donors (Lipinski definition) is 4. The van der Waals surface area contributed by atoms with Gasteiger partial charge in [0.05, 0.1) is 6.61 Å². The van der Waals surface area contributed by atoms with Crippen LogP contribution in [0.25, 0.3) is 0 Å². The van der Waals surface area contributed by atoms with Gasteiger partial charge in [-0.3, -0.25) is 0 Å². The SMILES string of the molecule is CC=C(C)C1OC(CO)C(O)C(O)C1O. The monoisotopic (exact) mass is 218 g/mol. The Morgan fingerprint density at radius 1 is 1.20 bits per heavy atom. The van der Waals surface area contributed by atoms with Gasteiger partial charge < -0.3 is 25.2 Å². The molecule has 0 bridgehead atoms. The Labute approximate surface area is 88.6 Å². The largest absolute Gasteiger partial charge is 0.394 e. The molecule has 1 heterocycles. The molecule has 5 heteroatoms. The van der Waals surface area contributed by atoms with E-state index in [2.05, 4.69) is 0 Å². The second-order valence-electron chi connectivity index (χ2n) is 3.78. The van der Waals surface area contributed by atoms with Crippen LogP contribution in [-0.2, 0) is 4.74 Å². The van der Waals surface area contributed by atoms with Gasteiger partial charge >= 0.3 is 0 Å². The van der Waals surface area contributed by atoms with E-state index in [0.29, 0.717) is 0 Å². The summed E-state index contributed by atoms with van der Waals surface area (Å²) in [5, 5.41) is 37.6. The van der Waals surface area contributed by atoms with E-state index < -0.39 is 37.1 Å². The van der Waals surface area contributed by atoms with Crippen molar-refractivity contribution in [1.82, 2.24) is 0 Å². The second-order valence-corrected chi connectivity index (χ2v) is 3.78. The van der Waals surface area contributed by atoms with Crippen LogP contribution >= 0.6 is 0 Å². The van der Waals surface area contributed by atoms with Crippen LogP contribution in [-0.4, -0.2) is 57.6 Å². The lowest BCUT2D eigenvalue weighted by atomic mass is 9.91. The number of aliphatic hydroxyl groups is 4. The molecule has 4 N–H and O–H groups in total. The normalized spacial score (nSPS) is 43.1. The number of aliphatic hydroxyl groups excluding tert-OH is 4. The van der Waals surface area contributed by atoms with Crippen LogP contribution in [0.5, 0.6) is 0 Å². The van der Waals surface area contributed by atoms with E-state index in [1.807, 2.05) is 0 Å². The zero-order valence-electron chi connectivity index (χ0n) is 8.87.